The molecule has 0 spiro atoms. The predicted octanol–water partition coefficient (Wildman–Crippen LogP) is 4.67. The van der Waals surface area contributed by atoms with E-state index in [4.69, 9.17) is 28.9 Å². The van der Waals surface area contributed by atoms with E-state index in [-0.39, 0.29) is 26.0 Å². The first-order valence-corrected chi connectivity index (χ1v) is 23.0. The molecular weight excluding hydrogens is 825 g/mol. The zero-order chi connectivity index (χ0) is 44.6. The number of hydrogen-bond donors (Lipinski definition) is 2. The Morgan fingerprint density at radius 2 is 1.87 bits per heavy atom. The lowest BCUT2D eigenvalue weighted by atomic mass is 9.85. The van der Waals surface area contributed by atoms with Gasteiger partial charge in [-0.3, -0.25) is 14.4 Å². The van der Waals surface area contributed by atoms with Gasteiger partial charge in [0.2, 0.25) is 21.8 Å². The van der Waals surface area contributed by atoms with Crippen molar-refractivity contribution in [3.05, 3.63) is 46.8 Å². The lowest BCUT2D eigenvalue weighted by molar-refractivity contribution is -0.142. The van der Waals surface area contributed by atoms with Gasteiger partial charge in [-0.1, -0.05) is 40.7 Å². The van der Waals surface area contributed by atoms with Crippen molar-refractivity contribution in [3.8, 4) is 22.9 Å². The Balaban J connectivity index is 1.36. The van der Waals surface area contributed by atoms with E-state index in [1.807, 2.05) is 30.5 Å². The van der Waals surface area contributed by atoms with Crippen molar-refractivity contribution in [2.45, 2.75) is 97.1 Å². The van der Waals surface area contributed by atoms with Gasteiger partial charge in [0.1, 0.15) is 47.1 Å². The highest BCUT2D eigenvalue weighted by Gasteiger charge is 2.61. The van der Waals surface area contributed by atoms with Crippen LogP contribution in [0.3, 0.4) is 0 Å². The number of nitrogens with one attached hydrogen (secondary N) is 2. The highest BCUT2D eigenvalue weighted by molar-refractivity contribution is 7.89. The van der Waals surface area contributed by atoms with Crippen LogP contribution in [0.4, 0.5) is 4.79 Å². The molecule has 1 aromatic carbocycles. The van der Waals surface area contributed by atoms with Gasteiger partial charge in [-0.15, -0.1) is 17.9 Å². The van der Waals surface area contributed by atoms with Crippen LogP contribution >= 0.6 is 11.3 Å². The molecule has 6 rings (SSSR count). The number of amides is 3. The number of likely N-dealkylation sites (tertiary alicyclic amines) is 1. The van der Waals surface area contributed by atoms with E-state index in [1.54, 1.807) is 39.2 Å². The number of ketones is 1. The Kier molecular flexibility index (Phi) is 13.5. The normalized spacial score (nSPS) is 23.2. The topological polar surface area (TPSA) is 196 Å². The monoisotopic (exact) mass is 882 g/mol. The Morgan fingerprint density at radius 1 is 1.13 bits per heavy atom. The third-order valence-corrected chi connectivity index (χ3v) is 14.1. The maximum absolute atomic E-state index is 14.8. The van der Waals surface area contributed by atoms with Crippen LogP contribution < -0.4 is 20.1 Å². The Hall–Kier alpha value is -4.65. The molecule has 0 bridgehead atoms. The van der Waals surface area contributed by atoms with Gasteiger partial charge in [0.15, 0.2) is 5.78 Å². The molecule has 18 heteroatoms. The lowest BCUT2D eigenvalue weighted by Crippen LogP contribution is -2.59. The number of methoxy groups -OCH3 is 1. The molecule has 4 heterocycles. The summed E-state index contributed by atoms with van der Waals surface area (Å²) in [5.41, 5.74) is 0.292. The molecule has 3 amide bonds. The maximum atomic E-state index is 14.8. The molecular formula is C43H58N6O10S2. The van der Waals surface area contributed by atoms with Crippen LogP contribution in [0.5, 0.6) is 11.5 Å². The number of fused-ring (bicyclic) bond motifs is 1. The van der Waals surface area contributed by atoms with E-state index in [0.717, 1.165) is 21.3 Å². The van der Waals surface area contributed by atoms with Crippen molar-refractivity contribution in [3.63, 3.8) is 0 Å². The SMILES string of the molecule is C=CC1C[C@]1(NC(=O)[C@@H]1C[C@@H](Oc2cc(-c3csc(CC(C)C)n3)nc3c(C)c(OC)ccc23)CN1C(=O)[C@@H](NC(=O)O[C@H]1CCOC1)C(C)(C)C)C(=O)CS(=O)(=O)N(C)C. The number of pyridine rings is 1. The minimum absolute atomic E-state index is 0.000836. The summed E-state index contributed by atoms with van der Waals surface area (Å²) in [4.78, 5) is 67.6. The summed E-state index contributed by atoms with van der Waals surface area (Å²) < 4.78 is 49.9. The van der Waals surface area contributed by atoms with Gasteiger partial charge in [0.05, 0.1) is 48.8 Å². The molecule has 2 aliphatic heterocycles. The number of sulfonamides is 1. The van der Waals surface area contributed by atoms with Gasteiger partial charge in [-0.2, -0.15) is 0 Å². The molecule has 1 saturated carbocycles. The van der Waals surface area contributed by atoms with Gasteiger partial charge in [-0.25, -0.2) is 27.5 Å². The highest BCUT2D eigenvalue weighted by Crippen LogP contribution is 2.46. The summed E-state index contributed by atoms with van der Waals surface area (Å²) in [7, 11) is 0.292. The number of alkyl carbamates (subject to hydrolysis) is 1. The molecule has 1 aliphatic carbocycles. The first kappa shape index (κ1) is 45.9. The minimum Gasteiger partial charge on any atom is -0.496 e. The van der Waals surface area contributed by atoms with Crippen molar-refractivity contribution in [1.82, 2.24) is 29.8 Å². The summed E-state index contributed by atoms with van der Waals surface area (Å²) in [5.74, 6) is -1.77. The average Bonchev–Trinajstić information content (AvgIpc) is 3.59. The van der Waals surface area contributed by atoms with Gasteiger partial charge >= 0.3 is 6.09 Å². The van der Waals surface area contributed by atoms with E-state index in [2.05, 4.69) is 31.1 Å². The number of thiazole rings is 1. The summed E-state index contributed by atoms with van der Waals surface area (Å²) >= 11 is 1.55. The molecule has 2 N–H and O–H groups in total. The van der Waals surface area contributed by atoms with E-state index in [0.29, 0.717) is 52.7 Å². The van der Waals surface area contributed by atoms with Gasteiger partial charge < -0.3 is 34.5 Å². The molecule has 2 aromatic heterocycles. The second-order valence-corrected chi connectivity index (χ2v) is 20.9. The molecule has 332 valence electrons. The van der Waals surface area contributed by atoms with E-state index in [9.17, 15) is 27.6 Å². The first-order valence-electron chi connectivity index (χ1n) is 20.5. The molecule has 3 fully saturated rings. The molecule has 2 saturated heterocycles. The number of hydrogen-bond acceptors (Lipinski definition) is 13. The lowest BCUT2D eigenvalue weighted by Gasteiger charge is -2.35. The molecule has 1 unspecified atom stereocenters. The third-order valence-electron chi connectivity index (χ3n) is 11.5. The number of Topliss-reactive ketones (excluding diaryl/α,β-unsaturated/α-hetero) is 1. The van der Waals surface area contributed by atoms with E-state index >= 15 is 0 Å². The van der Waals surface area contributed by atoms with E-state index < -0.39 is 80.6 Å². The molecule has 6 atom stereocenters. The standard InChI is InChI=1S/C43H58N6O10S2/c1-11-26-19-43(26,35(50)23-61(54,55)48(8)9)47-39(51)32-17-28(20-49(32)40(52)38(42(5,6)7)46-41(53)59-27-14-15-57-21-27)58-34-18-30(31-22-60-36(44-31)16-24(2)3)45-37-25(4)33(56-10)13-12-29(34)37/h11-13,18,22,24,26-28,32,38H,1,14-17,19-21,23H2,2-10H3,(H,46,53)(H,47,51)/t26?,27-,28+,32-,38+,43+/m0/s1. The molecule has 16 nitrogen and oxygen atoms in total. The molecule has 61 heavy (non-hydrogen) atoms. The summed E-state index contributed by atoms with van der Waals surface area (Å²) in [6.07, 6.45) is 0.986. The van der Waals surface area contributed by atoms with Crippen LogP contribution in [0.15, 0.2) is 36.2 Å². The number of benzene rings is 1. The van der Waals surface area contributed by atoms with Crippen molar-refractivity contribution in [1.29, 1.82) is 0 Å². The second-order valence-electron chi connectivity index (χ2n) is 17.8. The predicted molar refractivity (Wildman–Crippen MR) is 231 cm³/mol. The summed E-state index contributed by atoms with van der Waals surface area (Å²) in [5, 5.41) is 9.22. The van der Waals surface area contributed by atoms with Crippen LogP contribution in [0.1, 0.15) is 64.5 Å². The number of carbonyl (C=O) groups excluding carboxylic acids is 4. The Labute approximate surface area is 361 Å². The highest BCUT2D eigenvalue weighted by atomic mass is 32.2. The zero-order valence-electron chi connectivity index (χ0n) is 36.4. The first-order chi connectivity index (χ1) is 28.7. The van der Waals surface area contributed by atoms with Crippen LogP contribution in [-0.4, -0.2) is 128 Å². The fourth-order valence-electron chi connectivity index (χ4n) is 7.81. The van der Waals surface area contributed by atoms with Crippen molar-refractivity contribution < 1.29 is 46.5 Å². The number of aromatic nitrogens is 2. The van der Waals surface area contributed by atoms with Crippen molar-refractivity contribution >= 4 is 56.0 Å². The number of carbonyl (C=O) groups is 4. The average molecular weight is 883 g/mol. The van der Waals surface area contributed by atoms with Crippen LogP contribution in [0.25, 0.3) is 22.3 Å². The van der Waals surface area contributed by atoms with Crippen LogP contribution in [-0.2, 0) is 40.3 Å². The minimum atomic E-state index is -3.96. The number of nitrogens with zero attached hydrogens (tertiary/aromatic N) is 4. The fraction of sp³-hybridized carbons (Fsp3) is 0.581. The van der Waals surface area contributed by atoms with Crippen molar-refractivity contribution in [2.75, 3.05) is 46.7 Å². The van der Waals surface area contributed by atoms with Gasteiger partial charge in [0, 0.05) is 61.7 Å². The molecule has 0 radical (unpaired) electrons. The number of aryl methyl sites for hydroxylation is 1. The summed E-state index contributed by atoms with van der Waals surface area (Å²) in [6, 6.07) is 3.15. The van der Waals surface area contributed by atoms with Gasteiger partial charge in [-0.05, 0) is 36.8 Å². The maximum Gasteiger partial charge on any atom is 0.408 e. The molecule has 3 aliphatic rings. The Morgan fingerprint density at radius 3 is 2.48 bits per heavy atom. The second kappa shape index (κ2) is 18.0. The molecule has 3 aromatic rings. The quantitative estimate of drug-likeness (QED) is 0.189. The summed E-state index contributed by atoms with van der Waals surface area (Å²) in [6.45, 7) is 16.0. The van der Waals surface area contributed by atoms with E-state index in [1.165, 1.54) is 25.1 Å². The van der Waals surface area contributed by atoms with Crippen molar-refractivity contribution in [2.24, 2.45) is 17.3 Å². The van der Waals surface area contributed by atoms with Crippen LogP contribution in [0.2, 0.25) is 0 Å². The smallest absolute Gasteiger partial charge is 0.408 e. The van der Waals surface area contributed by atoms with Crippen LogP contribution in [0, 0.1) is 24.2 Å². The Bertz CT molecular complexity index is 2280. The van der Waals surface area contributed by atoms with Gasteiger partial charge in [0.25, 0.3) is 0 Å². The number of rotatable bonds is 16. The third kappa shape index (κ3) is 10.0. The zero-order valence-corrected chi connectivity index (χ0v) is 38.0. The largest absolute Gasteiger partial charge is 0.496 e. The number of ether oxygens (including phenoxy) is 4. The fourth-order valence-corrected chi connectivity index (χ4v) is 9.66.